The Morgan fingerprint density at radius 2 is 1.60 bits per heavy atom. The number of hydrogen-bond donors (Lipinski definition) is 2. The van der Waals surface area contributed by atoms with E-state index in [1.54, 1.807) is 66.7 Å². The molecule has 30 heavy (non-hydrogen) atoms. The van der Waals surface area contributed by atoms with Crippen LogP contribution in [0, 0.1) is 5.92 Å². The minimum absolute atomic E-state index is 0.105. The van der Waals surface area contributed by atoms with Crippen molar-refractivity contribution in [3.05, 3.63) is 84.4 Å². The summed E-state index contributed by atoms with van der Waals surface area (Å²) in [6.45, 7) is 4.67. The fraction of sp³-hybridized carbons (Fsp3) is 0.174. The highest BCUT2D eigenvalue weighted by atomic mass is 32.2. The number of nitrogens with one attached hydrogen (secondary N) is 2. The second-order valence-electron chi connectivity index (χ2n) is 7.18. The smallest absolute Gasteiger partial charge is 0.261 e. The zero-order chi connectivity index (χ0) is 21.6. The van der Waals surface area contributed by atoms with Gasteiger partial charge in [0.2, 0.25) is 0 Å². The second-order valence-corrected chi connectivity index (χ2v) is 8.87. The first kappa shape index (κ1) is 21.4. The molecule has 0 radical (unpaired) electrons. The average Bonchev–Trinajstić information content (AvgIpc) is 2.73. The fourth-order valence-corrected chi connectivity index (χ4v) is 3.69. The lowest BCUT2D eigenvalue weighted by atomic mass is 10.2. The van der Waals surface area contributed by atoms with Crippen LogP contribution in [-0.2, 0) is 10.0 Å². The van der Waals surface area contributed by atoms with E-state index in [-0.39, 0.29) is 10.8 Å². The summed E-state index contributed by atoms with van der Waals surface area (Å²) >= 11 is 0. The van der Waals surface area contributed by atoms with Crippen molar-refractivity contribution in [3.63, 3.8) is 0 Å². The third-order valence-corrected chi connectivity index (χ3v) is 5.53. The largest absolute Gasteiger partial charge is 0.493 e. The lowest BCUT2D eigenvalue weighted by Crippen LogP contribution is -2.14. The molecule has 156 valence electrons. The summed E-state index contributed by atoms with van der Waals surface area (Å²) < 4.78 is 33.2. The van der Waals surface area contributed by atoms with Gasteiger partial charge in [-0.25, -0.2) is 8.42 Å². The van der Waals surface area contributed by atoms with Crippen LogP contribution in [0.4, 0.5) is 11.4 Å². The van der Waals surface area contributed by atoms with E-state index >= 15 is 0 Å². The zero-order valence-electron chi connectivity index (χ0n) is 16.8. The maximum atomic E-state index is 12.5. The summed E-state index contributed by atoms with van der Waals surface area (Å²) in [6.07, 6.45) is 0. The average molecular weight is 425 g/mol. The van der Waals surface area contributed by atoms with Crippen molar-refractivity contribution in [1.82, 2.24) is 0 Å². The molecule has 6 nitrogen and oxygen atoms in total. The number of sulfonamides is 1. The number of carbonyl (C=O) groups is 1. The molecule has 0 aromatic heterocycles. The molecule has 0 spiro atoms. The highest BCUT2D eigenvalue weighted by Crippen LogP contribution is 2.20. The fourth-order valence-electron chi connectivity index (χ4n) is 2.63. The van der Waals surface area contributed by atoms with Crippen molar-refractivity contribution in [2.45, 2.75) is 18.7 Å². The molecule has 0 aliphatic carbocycles. The van der Waals surface area contributed by atoms with Gasteiger partial charge >= 0.3 is 0 Å². The molecule has 0 fully saturated rings. The first-order valence-corrected chi connectivity index (χ1v) is 11.0. The third kappa shape index (κ3) is 5.84. The first-order chi connectivity index (χ1) is 14.3. The summed E-state index contributed by atoms with van der Waals surface area (Å²) in [5.74, 6) is 0.710. The molecule has 0 heterocycles. The first-order valence-electron chi connectivity index (χ1n) is 9.55. The van der Waals surface area contributed by atoms with Crippen LogP contribution in [0.5, 0.6) is 5.75 Å². The van der Waals surface area contributed by atoms with E-state index < -0.39 is 10.0 Å². The standard InChI is InChI=1S/C23H24N2O4S/c1-17(2)16-29-21-10-6-7-18(15-21)23(26)24-19-11-13-22(14-12-19)30(27,28)25-20-8-4-3-5-9-20/h3-15,17,25H,16H2,1-2H3,(H,24,26). The van der Waals surface area contributed by atoms with Gasteiger partial charge in [-0.1, -0.05) is 38.1 Å². The van der Waals surface area contributed by atoms with Gasteiger partial charge in [0.1, 0.15) is 5.75 Å². The molecular formula is C23H24N2O4S. The van der Waals surface area contributed by atoms with Gasteiger partial charge in [0.15, 0.2) is 0 Å². The Kier molecular flexibility index (Phi) is 6.74. The van der Waals surface area contributed by atoms with E-state index in [0.717, 1.165) is 0 Å². The molecule has 0 saturated carbocycles. The lowest BCUT2D eigenvalue weighted by molar-refractivity contribution is 0.102. The van der Waals surface area contributed by atoms with Gasteiger partial charge in [-0.15, -0.1) is 0 Å². The van der Waals surface area contributed by atoms with Crippen molar-refractivity contribution in [1.29, 1.82) is 0 Å². The van der Waals surface area contributed by atoms with E-state index in [2.05, 4.69) is 23.9 Å². The Balaban J connectivity index is 1.67. The molecule has 1 amide bonds. The number of carbonyl (C=O) groups excluding carboxylic acids is 1. The summed E-state index contributed by atoms with van der Waals surface area (Å²) in [5, 5.41) is 2.77. The van der Waals surface area contributed by atoms with Crippen LogP contribution in [0.3, 0.4) is 0 Å². The van der Waals surface area contributed by atoms with Crippen molar-refractivity contribution >= 4 is 27.3 Å². The molecule has 0 atom stereocenters. The Bertz CT molecular complexity index is 1100. The number of ether oxygens (including phenoxy) is 1. The van der Waals surface area contributed by atoms with Crippen LogP contribution in [0.25, 0.3) is 0 Å². The van der Waals surface area contributed by atoms with Crippen LogP contribution >= 0.6 is 0 Å². The molecular weight excluding hydrogens is 400 g/mol. The summed E-state index contributed by atoms with van der Waals surface area (Å²) in [7, 11) is -3.71. The van der Waals surface area contributed by atoms with E-state index in [1.165, 1.54) is 12.1 Å². The Hall–Kier alpha value is -3.32. The normalized spacial score (nSPS) is 11.2. The van der Waals surface area contributed by atoms with E-state index in [4.69, 9.17) is 4.74 Å². The van der Waals surface area contributed by atoms with E-state index in [9.17, 15) is 13.2 Å². The molecule has 0 bridgehead atoms. The van der Waals surface area contributed by atoms with Crippen molar-refractivity contribution in [2.24, 2.45) is 5.92 Å². The maximum Gasteiger partial charge on any atom is 0.261 e. The van der Waals surface area contributed by atoms with Crippen LogP contribution in [-0.4, -0.2) is 20.9 Å². The third-order valence-electron chi connectivity index (χ3n) is 4.13. The summed E-state index contributed by atoms with van der Waals surface area (Å²) in [4.78, 5) is 12.6. The number of amides is 1. The Labute approximate surface area is 177 Å². The zero-order valence-corrected chi connectivity index (χ0v) is 17.6. The topological polar surface area (TPSA) is 84.5 Å². The molecule has 3 aromatic rings. The second kappa shape index (κ2) is 9.45. The van der Waals surface area contributed by atoms with Gasteiger partial charge in [0, 0.05) is 16.9 Å². The molecule has 7 heteroatoms. The lowest BCUT2D eigenvalue weighted by Gasteiger charge is -2.11. The van der Waals surface area contributed by atoms with E-state index in [0.29, 0.717) is 35.2 Å². The van der Waals surface area contributed by atoms with Crippen LogP contribution in [0.1, 0.15) is 24.2 Å². The van der Waals surface area contributed by atoms with Crippen molar-refractivity contribution < 1.29 is 17.9 Å². The van der Waals surface area contributed by atoms with Crippen LogP contribution < -0.4 is 14.8 Å². The Morgan fingerprint density at radius 1 is 0.900 bits per heavy atom. The SMILES string of the molecule is CC(C)COc1cccc(C(=O)Nc2ccc(S(=O)(=O)Nc3ccccc3)cc2)c1. The minimum atomic E-state index is -3.71. The number of para-hydroxylation sites is 1. The monoisotopic (exact) mass is 424 g/mol. The van der Waals surface area contributed by atoms with Crippen molar-refractivity contribution in [3.8, 4) is 5.75 Å². The highest BCUT2D eigenvalue weighted by molar-refractivity contribution is 7.92. The molecule has 3 rings (SSSR count). The molecule has 0 aliphatic rings. The number of benzene rings is 3. The van der Waals surface area contributed by atoms with Gasteiger partial charge in [0.05, 0.1) is 11.5 Å². The van der Waals surface area contributed by atoms with Crippen LogP contribution in [0.15, 0.2) is 83.8 Å². The number of rotatable bonds is 8. The van der Waals surface area contributed by atoms with Crippen LogP contribution in [0.2, 0.25) is 0 Å². The predicted molar refractivity (Wildman–Crippen MR) is 118 cm³/mol. The van der Waals surface area contributed by atoms with Crippen molar-refractivity contribution in [2.75, 3.05) is 16.6 Å². The number of anilines is 2. The predicted octanol–water partition coefficient (Wildman–Crippen LogP) is 4.77. The Morgan fingerprint density at radius 3 is 2.27 bits per heavy atom. The van der Waals surface area contributed by atoms with Gasteiger partial charge in [-0.3, -0.25) is 9.52 Å². The van der Waals surface area contributed by atoms with Gasteiger partial charge in [0.25, 0.3) is 15.9 Å². The molecule has 0 unspecified atom stereocenters. The van der Waals surface area contributed by atoms with Gasteiger partial charge in [-0.05, 0) is 60.5 Å². The molecule has 0 saturated heterocycles. The number of hydrogen-bond acceptors (Lipinski definition) is 4. The summed E-state index contributed by atoms with van der Waals surface area (Å²) in [6, 6.07) is 21.6. The molecule has 2 N–H and O–H groups in total. The van der Waals surface area contributed by atoms with E-state index in [1.807, 2.05) is 0 Å². The maximum absolute atomic E-state index is 12.5. The summed E-state index contributed by atoms with van der Waals surface area (Å²) in [5.41, 5.74) is 1.43. The van der Waals surface area contributed by atoms with Gasteiger partial charge in [-0.2, -0.15) is 0 Å². The highest BCUT2D eigenvalue weighted by Gasteiger charge is 2.14. The quantitative estimate of drug-likeness (QED) is 0.545. The molecule has 0 aliphatic heterocycles. The molecule has 3 aromatic carbocycles. The minimum Gasteiger partial charge on any atom is -0.493 e. The van der Waals surface area contributed by atoms with Gasteiger partial charge < -0.3 is 10.1 Å².